The van der Waals surface area contributed by atoms with E-state index in [1.54, 1.807) is 28.6 Å². The lowest BCUT2D eigenvalue weighted by atomic mass is 10.1. The van der Waals surface area contributed by atoms with Gasteiger partial charge in [-0.05, 0) is 38.9 Å². The number of rotatable bonds is 2. The third-order valence-electron chi connectivity index (χ3n) is 3.28. The van der Waals surface area contributed by atoms with Gasteiger partial charge in [-0.3, -0.25) is 0 Å². The molecule has 1 aromatic rings. The molecule has 0 aliphatic carbocycles. The molecule has 0 unspecified atom stereocenters. The summed E-state index contributed by atoms with van der Waals surface area (Å²) in [5, 5.41) is 3.28. The van der Waals surface area contributed by atoms with Gasteiger partial charge in [0.25, 0.3) is 0 Å². The van der Waals surface area contributed by atoms with Crippen LogP contribution in [0.4, 0.5) is 0 Å². The van der Waals surface area contributed by atoms with Crippen molar-refractivity contribution in [1.82, 2.24) is 9.62 Å². The Morgan fingerprint density at radius 1 is 1.22 bits per heavy atom. The fraction of sp³-hybridized carbons (Fsp3) is 0.538. The summed E-state index contributed by atoms with van der Waals surface area (Å²) in [5.74, 6) is 0. The highest BCUT2D eigenvalue weighted by Crippen LogP contribution is 2.25. The molecule has 0 spiro atoms. The maximum atomic E-state index is 12.7. The van der Waals surface area contributed by atoms with E-state index in [0.29, 0.717) is 18.0 Å². The summed E-state index contributed by atoms with van der Waals surface area (Å²) in [5.41, 5.74) is -0.398. The van der Waals surface area contributed by atoms with Gasteiger partial charge in [0, 0.05) is 18.6 Å². The van der Waals surface area contributed by atoms with Crippen molar-refractivity contribution >= 4 is 10.0 Å². The Labute approximate surface area is 109 Å². The Morgan fingerprint density at radius 2 is 1.89 bits per heavy atom. The van der Waals surface area contributed by atoms with Gasteiger partial charge < -0.3 is 5.32 Å². The minimum absolute atomic E-state index is 0.375. The van der Waals surface area contributed by atoms with E-state index in [1.807, 2.05) is 19.9 Å². The van der Waals surface area contributed by atoms with E-state index < -0.39 is 15.6 Å². The Hall–Kier alpha value is -0.910. The highest BCUT2D eigenvalue weighted by molar-refractivity contribution is 7.89. The normalized spacial score (nSPS) is 21.4. The Balaban J connectivity index is 2.39. The monoisotopic (exact) mass is 268 g/mol. The average Bonchev–Trinajstić information content (AvgIpc) is 2.51. The van der Waals surface area contributed by atoms with Gasteiger partial charge in [-0.1, -0.05) is 18.2 Å². The first-order chi connectivity index (χ1) is 8.44. The van der Waals surface area contributed by atoms with Crippen molar-refractivity contribution in [2.75, 3.05) is 19.6 Å². The van der Waals surface area contributed by atoms with E-state index >= 15 is 0 Å². The molecular formula is C13H20N2O2S. The molecule has 1 aliphatic heterocycles. The van der Waals surface area contributed by atoms with Gasteiger partial charge in [-0.25, -0.2) is 8.42 Å². The van der Waals surface area contributed by atoms with Crippen LogP contribution in [-0.4, -0.2) is 37.9 Å². The van der Waals surface area contributed by atoms with Crippen LogP contribution >= 0.6 is 0 Å². The molecule has 5 heteroatoms. The van der Waals surface area contributed by atoms with Crippen LogP contribution in [0.5, 0.6) is 0 Å². The van der Waals surface area contributed by atoms with Crippen LogP contribution in [0, 0.1) is 0 Å². The van der Waals surface area contributed by atoms with E-state index in [4.69, 9.17) is 0 Å². The fourth-order valence-corrected chi connectivity index (χ4v) is 4.14. The standard InChI is InChI=1S/C13H20N2O2S/c1-13(2)11-14-9-6-10-15(13)18(16,17)12-7-4-3-5-8-12/h3-5,7-8,14H,6,9-11H2,1-2H3. The molecule has 0 aromatic heterocycles. The molecule has 100 valence electrons. The second-order valence-electron chi connectivity index (χ2n) is 5.23. The van der Waals surface area contributed by atoms with Crippen LogP contribution in [-0.2, 0) is 10.0 Å². The molecule has 0 bridgehead atoms. The van der Waals surface area contributed by atoms with Crippen molar-refractivity contribution in [3.63, 3.8) is 0 Å². The second-order valence-corrected chi connectivity index (χ2v) is 7.10. The molecule has 1 saturated heterocycles. The topological polar surface area (TPSA) is 49.4 Å². The molecule has 0 saturated carbocycles. The van der Waals surface area contributed by atoms with Crippen molar-refractivity contribution in [2.24, 2.45) is 0 Å². The van der Waals surface area contributed by atoms with Gasteiger partial charge in [-0.2, -0.15) is 4.31 Å². The first-order valence-electron chi connectivity index (χ1n) is 6.23. The van der Waals surface area contributed by atoms with Crippen molar-refractivity contribution in [3.8, 4) is 0 Å². The molecule has 18 heavy (non-hydrogen) atoms. The molecule has 4 nitrogen and oxygen atoms in total. The number of hydrogen-bond acceptors (Lipinski definition) is 3. The number of sulfonamides is 1. The molecule has 0 radical (unpaired) electrons. The summed E-state index contributed by atoms with van der Waals surface area (Å²) in [6.45, 7) is 6.04. The zero-order valence-electron chi connectivity index (χ0n) is 10.9. The predicted molar refractivity (Wildman–Crippen MR) is 71.9 cm³/mol. The molecular weight excluding hydrogens is 248 g/mol. The molecule has 0 atom stereocenters. The molecule has 2 rings (SSSR count). The van der Waals surface area contributed by atoms with Crippen LogP contribution in [0.3, 0.4) is 0 Å². The summed E-state index contributed by atoms with van der Waals surface area (Å²) in [6.07, 6.45) is 0.843. The summed E-state index contributed by atoms with van der Waals surface area (Å²) < 4.78 is 26.9. The zero-order chi connectivity index (χ0) is 13.2. The lowest BCUT2D eigenvalue weighted by Gasteiger charge is -2.35. The molecule has 1 heterocycles. The summed E-state index contributed by atoms with van der Waals surface area (Å²) >= 11 is 0. The molecule has 0 amide bonds. The van der Waals surface area contributed by atoms with Gasteiger partial charge in [-0.15, -0.1) is 0 Å². The summed E-state index contributed by atoms with van der Waals surface area (Å²) in [7, 11) is -3.40. The number of hydrogen-bond donors (Lipinski definition) is 1. The smallest absolute Gasteiger partial charge is 0.243 e. The van der Waals surface area contributed by atoms with Crippen molar-refractivity contribution in [3.05, 3.63) is 30.3 Å². The molecule has 1 aliphatic rings. The Bertz CT molecular complexity index is 497. The lowest BCUT2D eigenvalue weighted by molar-refractivity contribution is 0.242. The van der Waals surface area contributed by atoms with E-state index in [9.17, 15) is 8.42 Å². The molecule has 1 N–H and O–H groups in total. The van der Waals surface area contributed by atoms with Crippen molar-refractivity contribution in [1.29, 1.82) is 0 Å². The van der Waals surface area contributed by atoms with Gasteiger partial charge >= 0.3 is 0 Å². The third-order valence-corrected chi connectivity index (χ3v) is 5.40. The van der Waals surface area contributed by atoms with Crippen LogP contribution in [0.15, 0.2) is 35.2 Å². The third kappa shape index (κ3) is 2.58. The second kappa shape index (κ2) is 4.99. The highest BCUT2D eigenvalue weighted by Gasteiger charge is 2.37. The van der Waals surface area contributed by atoms with E-state index in [0.717, 1.165) is 13.0 Å². The van der Waals surface area contributed by atoms with Gasteiger partial charge in [0.05, 0.1) is 4.90 Å². The Kier molecular flexibility index (Phi) is 3.75. The predicted octanol–water partition coefficient (Wildman–Crippen LogP) is 1.45. The first kappa shape index (κ1) is 13.5. The largest absolute Gasteiger partial charge is 0.315 e. The van der Waals surface area contributed by atoms with E-state index in [-0.39, 0.29) is 0 Å². The summed E-state index contributed by atoms with van der Waals surface area (Å²) in [6, 6.07) is 8.66. The van der Waals surface area contributed by atoms with E-state index in [2.05, 4.69) is 5.32 Å². The van der Waals surface area contributed by atoms with Crippen LogP contribution in [0.2, 0.25) is 0 Å². The lowest BCUT2D eigenvalue weighted by Crippen LogP contribution is -2.51. The fourth-order valence-electron chi connectivity index (χ4n) is 2.30. The maximum absolute atomic E-state index is 12.7. The Morgan fingerprint density at radius 3 is 2.56 bits per heavy atom. The van der Waals surface area contributed by atoms with Crippen LogP contribution in [0.1, 0.15) is 20.3 Å². The SMILES string of the molecule is CC1(C)CNCCCN1S(=O)(=O)c1ccccc1. The zero-order valence-corrected chi connectivity index (χ0v) is 11.7. The quantitative estimate of drug-likeness (QED) is 0.883. The van der Waals surface area contributed by atoms with Crippen molar-refractivity contribution in [2.45, 2.75) is 30.7 Å². The molecule has 1 aromatic carbocycles. The maximum Gasteiger partial charge on any atom is 0.243 e. The highest BCUT2D eigenvalue weighted by atomic mass is 32.2. The van der Waals surface area contributed by atoms with Gasteiger partial charge in [0.2, 0.25) is 10.0 Å². The minimum Gasteiger partial charge on any atom is -0.315 e. The average molecular weight is 268 g/mol. The number of nitrogens with one attached hydrogen (secondary N) is 1. The number of benzene rings is 1. The van der Waals surface area contributed by atoms with Crippen LogP contribution < -0.4 is 5.32 Å². The minimum atomic E-state index is -3.40. The molecule has 1 fully saturated rings. The van der Waals surface area contributed by atoms with Crippen LogP contribution in [0.25, 0.3) is 0 Å². The first-order valence-corrected chi connectivity index (χ1v) is 7.67. The van der Waals surface area contributed by atoms with Crippen molar-refractivity contribution < 1.29 is 8.42 Å². The summed E-state index contributed by atoms with van der Waals surface area (Å²) in [4.78, 5) is 0.375. The van der Waals surface area contributed by atoms with Gasteiger partial charge in [0.15, 0.2) is 0 Å². The van der Waals surface area contributed by atoms with Gasteiger partial charge in [0.1, 0.15) is 0 Å². The number of nitrogens with zero attached hydrogens (tertiary/aromatic N) is 1. The van der Waals surface area contributed by atoms with E-state index in [1.165, 1.54) is 0 Å².